The quantitative estimate of drug-likeness (QED) is 0.0704. The Balaban J connectivity index is 0.00000124. The highest BCUT2D eigenvalue weighted by molar-refractivity contribution is 7.86. The minimum atomic E-state index is -4.79. The van der Waals surface area contributed by atoms with Crippen LogP contribution in [0, 0.1) is 0 Å². The average molecular weight is 788 g/mol. The second-order valence-corrected chi connectivity index (χ2v) is 15.2. The van der Waals surface area contributed by atoms with Crippen LogP contribution in [0.5, 0.6) is 5.75 Å². The van der Waals surface area contributed by atoms with Crippen LogP contribution in [-0.2, 0) is 41.0 Å². The van der Waals surface area contributed by atoms with E-state index < -0.39 is 51.6 Å². The minimum Gasteiger partial charge on any atom is -0.507 e. The molecule has 0 unspecified atom stereocenters. The van der Waals surface area contributed by atoms with Crippen LogP contribution in [0.25, 0.3) is 32.3 Å². The lowest BCUT2D eigenvalue weighted by molar-refractivity contribution is 0.471. The van der Waals surface area contributed by atoms with E-state index in [1.54, 1.807) is 12.1 Å². The van der Waals surface area contributed by atoms with Crippen molar-refractivity contribution in [2.45, 2.75) is 14.7 Å². The van der Waals surface area contributed by atoms with E-state index in [2.05, 4.69) is 20.5 Å². The smallest absolute Gasteiger partial charge is 0.425 e. The molecule has 6 aromatic carbocycles. The van der Waals surface area contributed by atoms with Crippen molar-refractivity contribution in [1.82, 2.24) is 0 Å². The van der Waals surface area contributed by atoms with Crippen molar-refractivity contribution < 1.29 is 56.6 Å². The summed E-state index contributed by atoms with van der Waals surface area (Å²) in [5.74, 6) is -0.603. The first-order chi connectivity index (χ1) is 24.2. The number of phenolic OH excluding ortho intramolecular Hbond substituents is 1. The average Bonchev–Trinajstić information content (AvgIpc) is 3.05. The van der Waals surface area contributed by atoms with Gasteiger partial charge in [-0.05, 0) is 66.0 Å². The Morgan fingerprint density at radius 2 is 1.12 bits per heavy atom. The standard InChI is InChI=1S/C30H21N5O10S3.O3S/c31-24-8-9-25(20-7-6-18(13-22(20)24)46(37,38)39)33-34-26-10-11-27(30-23(26)14-19(15-28(30)36)47(40,41)42)35-32-17-5-4-16-2-1-3-29(21(16)12-17)48(43,44)45;1-4(2)3/h1-15,36H,31H2,(H,37,38,39)(H,40,41,42)(H,43,44,45);. The fourth-order valence-corrected chi connectivity index (χ4v) is 6.78. The second kappa shape index (κ2) is 14.1. The third-order valence-electron chi connectivity index (χ3n) is 7.26. The maximum Gasteiger partial charge on any atom is 0.425 e. The van der Waals surface area contributed by atoms with Gasteiger partial charge in [-0.15, -0.1) is 28.0 Å². The van der Waals surface area contributed by atoms with Crippen LogP contribution < -0.4 is 5.73 Å². The number of nitrogens with zero attached hydrogens (tertiary/aromatic N) is 4. The molecule has 0 amide bonds. The number of nitrogen functional groups attached to an aromatic ring is 1. The van der Waals surface area contributed by atoms with Crippen molar-refractivity contribution >= 4 is 102 Å². The van der Waals surface area contributed by atoms with Crippen LogP contribution in [0.1, 0.15) is 0 Å². The van der Waals surface area contributed by atoms with Gasteiger partial charge in [0, 0.05) is 33.3 Å². The number of phenols is 1. The predicted octanol–water partition coefficient (Wildman–Crippen LogP) is 6.00. The van der Waals surface area contributed by atoms with E-state index in [4.69, 9.17) is 18.4 Å². The number of hydrogen-bond acceptors (Lipinski definition) is 15. The van der Waals surface area contributed by atoms with E-state index in [1.165, 1.54) is 60.7 Å². The van der Waals surface area contributed by atoms with Crippen LogP contribution >= 0.6 is 0 Å². The largest absolute Gasteiger partial charge is 0.507 e. The van der Waals surface area contributed by atoms with Gasteiger partial charge in [0.05, 0.1) is 37.9 Å². The summed E-state index contributed by atoms with van der Waals surface area (Å²) in [6, 6.07) is 20.1. The SMILES string of the molecule is Nc1ccc(N=Nc2ccc(N=Nc3ccc4cccc(S(=O)(=O)O)c4c3)c3c(O)cc(S(=O)(=O)O)cc23)c2ccc(S(=O)(=O)O)cc12.O=S(=O)=O. The van der Waals surface area contributed by atoms with Crippen molar-refractivity contribution in [1.29, 1.82) is 0 Å². The number of nitrogens with two attached hydrogens (primary N) is 1. The Labute approximate surface area is 294 Å². The number of benzene rings is 6. The number of anilines is 1. The molecule has 0 fully saturated rings. The molecule has 0 saturated heterocycles. The topological polar surface area (TPSA) is 310 Å². The third-order valence-corrected chi connectivity index (χ3v) is 9.85. The van der Waals surface area contributed by atoms with Crippen LogP contribution in [0.4, 0.5) is 28.4 Å². The Hall–Kier alpha value is -5.75. The number of fused-ring (bicyclic) bond motifs is 3. The minimum absolute atomic E-state index is 0.0107. The van der Waals surface area contributed by atoms with Gasteiger partial charge < -0.3 is 10.8 Å². The summed E-state index contributed by atoms with van der Waals surface area (Å²) in [5.41, 5.74) is 6.66. The van der Waals surface area contributed by atoms with E-state index in [0.717, 1.165) is 18.2 Å². The van der Waals surface area contributed by atoms with Crippen LogP contribution in [0.15, 0.2) is 126 Å². The molecule has 6 N–H and O–H groups in total. The van der Waals surface area contributed by atoms with Crippen LogP contribution in [-0.4, -0.2) is 56.6 Å². The molecule has 6 aromatic rings. The summed E-state index contributed by atoms with van der Waals surface area (Å²) in [4.78, 5) is -1.37. The summed E-state index contributed by atoms with van der Waals surface area (Å²) >= 11 is 0. The van der Waals surface area contributed by atoms with Crippen LogP contribution in [0.3, 0.4) is 0 Å². The number of rotatable bonds is 7. The molecule has 0 aliphatic heterocycles. The zero-order valence-electron chi connectivity index (χ0n) is 25.6. The number of azo groups is 2. The lowest BCUT2D eigenvalue weighted by Gasteiger charge is -2.10. The molecule has 268 valence electrons. The predicted molar refractivity (Wildman–Crippen MR) is 185 cm³/mol. The van der Waals surface area contributed by atoms with E-state index >= 15 is 0 Å². The normalized spacial score (nSPS) is 12.4. The molecule has 0 saturated carbocycles. The van der Waals surface area contributed by atoms with Gasteiger partial charge in [0.2, 0.25) is 0 Å². The van der Waals surface area contributed by atoms with Gasteiger partial charge in [-0.1, -0.05) is 24.3 Å². The van der Waals surface area contributed by atoms with Crippen molar-refractivity contribution in [3.63, 3.8) is 0 Å². The number of hydrogen-bond donors (Lipinski definition) is 5. The molecule has 0 bridgehead atoms. The van der Waals surface area contributed by atoms with E-state index in [-0.39, 0.29) is 59.8 Å². The van der Waals surface area contributed by atoms with Gasteiger partial charge in [-0.2, -0.15) is 30.4 Å². The van der Waals surface area contributed by atoms with Gasteiger partial charge >= 0.3 is 10.6 Å². The zero-order chi connectivity index (χ0) is 38.2. The van der Waals surface area contributed by atoms with E-state index in [9.17, 15) is 44.0 Å². The molecular formula is C30H21N5O13S4. The lowest BCUT2D eigenvalue weighted by atomic mass is 10.1. The van der Waals surface area contributed by atoms with Crippen molar-refractivity contribution in [2.75, 3.05) is 5.73 Å². The molecule has 0 aromatic heterocycles. The Morgan fingerprint density at radius 1 is 0.538 bits per heavy atom. The van der Waals surface area contributed by atoms with Crippen molar-refractivity contribution in [3.8, 4) is 5.75 Å². The highest BCUT2D eigenvalue weighted by Gasteiger charge is 2.19. The molecule has 0 aliphatic carbocycles. The third kappa shape index (κ3) is 8.24. The monoisotopic (exact) mass is 787 g/mol. The highest BCUT2D eigenvalue weighted by Crippen LogP contribution is 2.42. The fraction of sp³-hybridized carbons (Fsp3) is 0. The number of aromatic hydroxyl groups is 1. The lowest BCUT2D eigenvalue weighted by Crippen LogP contribution is -1.98. The maximum absolute atomic E-state index is 12.0. The molecule has 0 heterocycles. The summed E-state index contributed by atoms with van der Waals surface area (Å²) in [7, 11) is -17.0. The van der Waals surface area contributed by atoms with Crippen LogP contribution in [0.2, 0.25) is 0 Å². The Bertz CT molecular complexity index is 2970. The van der Waals surface area contributed by atoms with Gasteiger partial charge in [-0.3, -0.25) is 13.7 Å². The molecule has 52 heavy (non-hydrogen) atoms. The van der Waals surface area contributed by atoms with Gasteiger partial charge in [0.15, 0.2) is 0 Å². The molecule has 0 spiro atoms. The van der Waals surface area contributed by atoms with Gasteiger partial charge in [0.1, 0.15) is 10.6 Å². The van der Waals surface area contributed by atoms with E-state index in [0.29, 0.717) is 10.8 Å². The zero-order valence-corrected chi connectivity index (χ0v) is 28.9. The molecule has 0 radical (unpaired) electrons. The summed E-state index contributed by atoms with van der Waals surface area (Å²) in [6.45, 7) is 0. The Morgan fingerprint density at radius 3 is 1.75 bits per heavy atom. The fourth-order valence-electron chi connectivity index (χ4n) is 5.04. The van der Waals surface area contributed by atoms with Crippen molar-refractivity contribution in [2.24, 2.45) is 20.5 Å². The molecule has 0 aliphatic rings. The first-order valence-electron chi connectivity index (χ1n) is 13.9. The molecule has 22 heteroatoms. The van der Waals surface area contributed by atoms with Crippen molar-refractivity contribution in [3.05, 3.63) is 91.0 Å². The maximum atomic E-state index is 12.0. The van der Waals surface area contributed by atoms with Gasteiger partial charge in [0.25, 0.3) is 30.4 Å². The summed E-state index contributed by atoms with van der Waals surface area (Å²) in [6.07, 6.45) is 0. The first-order valence-corrected chi connectivity index (χ1v) is 19.2. The highest BCUT2D eigenvalue weighted by atomic mass is 32.2. The Kier molecular flexibility index (Phi) is 10.2. The molecular weight excluding hydrogens is 767 g/mol. The van der Waals surface area contributed by atoms with Gasteiger partial charge in [-0.25, -0.2) is 0 Å². The molecule has 0 atom stereocenters. The second-order valence-electron chi connectivity index (χ2n) is 10.5. The molecule has 6 rings (SSSR count). The summed E-state index contributed by atoms with van der Waals surface area (Å²) in [5, 5.41) is 29.0. The first kappa shape index (κ1) is 37.5. The molecule has 18 nitrogen and oxygen atoms in total. The summed E-state index contributed by atoms with van der Waals surface area (Å²) < 4.78 is 125. The van der Waals surface area contributed by atoms with E-state index in [1.807, 2.05) is 0 Å².